The second-order valence-corrected chi connectivity index (χ2v) is 9.98. The van der Waals surface area contributed by atoms with Crippen LogP contribution in [-0.2, 0) is 22.7 Å². The summed E-state index contributed by atoms with van der Waals surface area (Å²) in [7, 11) is -3.13. The van der Waals surface area contributed by atoms with Crippen molar-refractivity contribution in [3.8, 4) is 0 Å². The molecule has 2 atom stereocenters. The second kappa shape index (κ2) is 4.91. The molecule has 0 unspecified atom stereocenters. The van der Waals surface area contributed by atoms with E-state index in [1.165, 1.54) is 28.5 Å². The first-order chi connectivity index (χ1) is 10.0. The van der Waals surface area contributed by atoms with Crippen molar-refractivity contribution in [1.82, 2.24) is 9.97 Å². The van der Waals surface area contributed by atoms with Crippen LogP contribution in [0.2, 0.25) is 0 Å². The highest BCUT2D eigenvalue weighted by Gasteiger charge is 2.38. The normalized spacial score (nSPS) is 27.3. The van der Waals surface area contributed by atoms with Crippen LogP contribution in [0.5, 0.6) is 0 Å². The van der Waals surface area contributed by atoms with Crippen molar-refractivity contribution >= 4 is 43.2 Å². The van der Waals surface area contributed by atoms with E-state index >= 15 is 0 Å². The zero-order valence-corrected chi connectivity index (χ0v) is 13.6. The smallest absolute Gasteiger partial charge is 0.154 e. The average molecular weight is 342 g/mol. The lowest BCUT2D eigenvalue weighted by atomic mass is 10.2. The SMILES string of the molecule is O=S1(=O)C[C@H](Sc2ncnc3sc4c(c23)CCC4)[C@@H](O)C1. The predicted octanol–water partition coefficient (Wildman–Crippen LogP) is 1.43. The third-order valence-electron chi connectivity index (χ3n) is 4.00. The summed E-state index contributed by atoms with van der Waals surface area (Å²) in [6.07, 6.45) is 4.03. The number of aromatic nitrogens is 2. The van der Waals surface area contributed by atoms with Crippen molar-refractivity contribution in [3.63, 3.8) is 0 Å². The summed E-state index contributed by atoms with van der Waals surface area (Å²) in [5.74, 6) is -0.114. The molecule has 3 heterocycles. The highest BCUT2D eigenvalue weighted by atomic mass is 32.2. The first-order valence-electron chi connectivity index (χ1n) is 6.84. The van der Waals surface area contributed by atoms with Crippen molar-refractivity contribution in [2.45, 2.75) is 35.6 Å². The first kappa shape index (κ1) is 13.9. The maximum absolute atomic E-state index is 11.6. The van der Waals surface area contributed by atoms with Crippen molar-refractivity contribution < 1.29 is 13.5 Å². The molecule has 1 saturated heterocycles. The molecule has 0 bridgehead atoms. The Hall–Kier alpha value is -0.700. The van der Waals surface area contributed by atoms with Crippen LogP contribution >= 0.6 is 23.1 Å². The number of thioether (sulfide) groups is 1. The fourth-order valence-electron chi connectivity index (χ4n) is 3.04. The number of fused-ring (bicyclic) bond motifs is 3. The zero-order chi connectivity index (χ0) is 14.6. The summed E-state index contributed by atoms with van der Waals surface area (Å²) < 4.78 is 23.3. The summed E-state index contributed by atoms with van der Waals surface area (Å²) in [6, 6.07) is 0. The summed E-state index contributed by atoms with van der Waals surface area (Å²) in [6.45, 7) is 0. The number of rotatable bonds is 2. The average Bonchev–Trinajstić information content (AvgIpc) is 3.02. The van der Waals surface area contributed by atoms with Gasteiger partial charge in [-0.2, -0.15) is 0 Å². The predicted molar refractivity (Wildman–Crippen MR) is 83.7 cm³/mol. The maximum Gasteiger partial charge on any atom is 0.154 e. The lowest BCUT2D eigenvalue weighted by Crippen LogP contribution is -2.20. The number of aryl methyl sites for hydroxylation is 2. The van der Waals surface area contributed by atoms with Crippen molar-refractivity contribution in [2.75, 3.05) is 11.5 Å². The third kappa shape index (κ3) is 2.38. The van der Waals surface area contributed by atoms with Gasteiger partial charge in [-0.15, -0.1) is 11.3 Å². The highest BCUT2D eigenvalue weighted by Crippen LogP contribution is 2.42. The summed E-state index contributed by atoms with van der Waals surface area (Å²) in [5, 5.41) is 11.5. The van der Waals surface area contributed by atoms with E-state index < -0.39 is 15.9 Å². The van der Waals surface area contributed by atoms with Crippen LogP contribution < -0.4 is 0 Å². The van der Waals surface area contributed by atoms with E-state index in [-0.39, 0.29) is 16.8 Å². The van der Waals surface area contributed by atoms with Crippen LogP contribution in [0.15, 0.2) is 11.4 Å². The van der Waals surface area contributed by atoms with Gasteiger partial charge in [0.25, 0.3) is 0 Å². The fraction of sp³-hybridized carbons (Fsp3) is 0.538. The molecule has 1 N–H and O–H groups in total. The number of aliphatic hydroxyl groups excluding tert-OH is 1. The van der Waals surface area contributed by atoms with Gasteiger partial charge in [-0.25, -0.2) is 18.4 Å². The van der Waals surface area contributed by atoms with Crippen LogP contribution in [0.3, 0.4) is 0 Å². The molecule has 0 amide bonds. The Bertz CT molecular complexity index is 815. The molecule has 21 heavy (non-hydrogen) atoms. The van der Waals surface area contributed by atoms with Gasteiger partial charge in [0.1, 0.15) is 16.2 Å². The molecule has 1 aliphatic carbocycles. The number of sulfone groups is 1. The number of hydrogen-bond acceptors (Lipinski definition) is 7. The van der Waals surface area contributed by atoms with E-state index in [1.54, 1.807) is 11.3 Å². The van der Waals surface area contributed by atoms with Crippen molar-refractivity contribution in [3.05, 3.63) is 16.8 Å². The van der Waals surface area contributed by atoms with Crippen LogP contribution in [-0.4, -0.2) is 46.4 Å². The third-order valence-corrected chi connectivity index (χ3v) is 8.45. The molecule has 0 radical (unpaired) electrons. The Morgan fingerprint density at radius 3 is 2.90 bits per heavy atom. The quantitative estimate of drug-likeness (QED) is 0.832. The van der Waals surface area contributed by atoms with E-state index in [4.69, 9.17) is 0 Å². The Morgan fingerprint density at radius 1 is 1.29 bits per heavy atom. The largest absolute Gasteiger partial charge is 0.391 e. The molecular weight excluding hydrogens is 328 g/mol. The van der Waals surface area contributed by atoms with Crippen LogP contribution in [0.4, 0.5) is 0 Å². The Balaban J connectivity index is 1.74. The van der Waals surface area contributed by atoms with E-state index in [2.05, 4.69) is 9.97 Å². The lowest BCUT2D eigenvalue weighted by molar-refractivity contribution is 0.207. The van der Waals surface area contributed by atoms with Crippen LogP contribution in [0.25, 0.3) is 10.2 Å². The van der Waals surface area contributed by atoms with Gasteiger partial charge < -0.3 is 5.11 Å². The van der Waals surface area contributed by atoms with Gasteiger partial charge in [0.15, 0.2) is 9.84 Å². The molecule has 1 fully saturated rings. The summed E-state index contributed by atoms with van der Waals surface area (Å²) in [5.41, 5.74) is 1.33. The number of nitrogens with zero attached hydrogens (tertiary/aromatic N) is 2. The first-order valence-corrected chi connectivity index (χ1v) is 10.4. The maximum atomic E-state index is 11.6. The minimum absolute atomic E-state index is 0.0245. The molecule has 2 aromatic rings. The van der Waals surface area contributed by atoms with Gasteiger partial charge in [0, 0.05) is 10.3 Å². The van der Waals surface area contributed by atoms with Crippen LogP contribution in [0.1, 0.15) is 16.9 Å². The highest BCUT2D eigenvalue weighted by molar-refractivity contribution is 8.02. The van der Waals surface area contributed by atoms with Gasteiger partial charge >= 0.3 is 0 Å². The molecule has 8 heteroatoms. The lowest BCUT2D eigenvalue weighted by Gasteiger charge is -2.12. The van der Waals surface area contributed by atoms with Gasteiger partial charge in [-0.05, 0) is 24.8 Å². The van der Waals surface area contributed by atoms with Crippen molar-refractivity contribution in [2.24, 2.45) is 0 Å². The van der Waals surface area contributed by atoms with E-state index in [0.717, 1.165) is 34.5 Å². The monoisotopic (exact) mass is 342 g/mol. The topological polar surface area (TPSA) is 80.2 Å². The molecular formula is C13H14N2O3S3. The molecule has 0 spiro atoms. The molecule has 112 valence electrons. The molecule has 0 saturated carbocycles. The molecule has 2 aliphatic rings. The zero-order valence-electron chi connectivity index (χ0n) is 11.2. The van der Waals surface area contributed by atoms with Gasteiger partial charge in [0.05, 0.1) is 22.9 Å². The minimum atomic E-state index is -3.13. The number of hydrogen-bond donors (Lipinski definition) is 1. The fourth-order valence-corrected chi connectivity index (χ4v) is 7.95. The molecule has 4 rings (SSSR count). The van der Waals surface area contributed by atoms with Gasteiger partial charge in [-0.3, -0.25) is 0 Å². The Labute approximate surface area is 130 Å². The van der Waals surface area contributed by atoms with Gasteiger partial charge in [-0.1, -0.05) is 11.8 Å². The Kier molecular flexibility index (Phi) is 3.25. The standard InChI is InChI=1S/C13H14N2O3S3/c16-8-4-21(17,18)5-10(8)20-13-11-7-2-1-3-9(7)19-12(11)14-6-15-13/h6,8,10,16H,1-5H2/t8-,10-/m0/s1. The van der Waals surface area contributed by atoms with E-state index in [9.17, 15) is 13.5 Å². The van der Waals surface area contributed by atoms with Gasteiger partial charge in [0.2, 0.25) is 0 Å². The van der Waals surface area contributed by atoms with Crippen molar-refractivity contribution in [1.29, 1.82) is 0 Å². The summed E-state index contributed by atoms with van der Waals surface area (Å²) >= 11 is 3.10. The molecule has 0 aromatic carbocycles. The van der Waals surface area contributed by atoms with Crippen LogP contribution in [0, 0.1) is 0 Å². The summed E-state index contributed by atoms with van der Waals surface area (Å²) in [4.78, 5) is 11.1. The number of aliphatic hydroxyl groups is 1. The minimum Gasteiger partial charge on any atom is -0.391 e. The number of thiophene rings is 1. The Morgan fingerprint density at radius 2 is 2.14 bits per heavy atom. The molecule has 2 aromatic heterocycles. The molecule has 5 nitrogen and oxygen atoms in total. The molecule has 1 aliphatic heterocycles. The van der Waals surface area contributed by atoms with E-state index in [0.29, 0.717) is 0 Å². The second-order valence-electron chi connectivity index (χ2n) is 5.52. The van der Waals surface area contributed by atoms with E-state index in [1.807, 2.05) is 0 Å².